The number of nitriles is 1. The van der Waals surface area contributed by atoms with Gasteiger partial charge in [-0.15, -0.1) is 0 Å². The van der Waals surface area contributed by atoms with E-state index in [0.29, 0.717) is 16.9 Å². The number of Topliss-reactive ketones (excluding diaryl/α,β-unsaturated/α-hetero) is 1. The van der Waals surface area contributed by atoms with Crippen molar-refractivity contribution in [3.8, 4) is 11.8 Å². The van der Waals surface area contributed by atoms with Crippen LogP contribution in [0, 0.1) is 18.3 Å². The van der Waals surface area contributed by atoms with Crippen molar-refractivity contribution in [2.24, 2.45) is 0 Å². The van der Waals surface area contributed by atoms with Gasteiger partial charge in [0.2, 0.25) is 5.78 Å². The van der Waals surface area contributed by atoms with Gasteiger partial charge in [-0.1, -0.05) is 24.3 Å². The highest BCUT2D eigenvalue weighted by atomic mass is 16.5. The highest BCUT2D eigenvalue weighted by molar-refractivity contribution is 6.09. The standard InChI is InChI=1S/C18H14N2O2/c1-12-18(15-7-2-3-8-16(15)20-12)17(21)11-22-14-6-4-5-13(9-14)10-19/h2-9,20H,11H2,1H3. The third-order valence-electron chi connectivity index (χ3n) is 3.51. The Morgan fingerprint density at radius 2 is 2.05 bits per heavy atom. The zero-order valence-electron chi connectivity index (χ0n) is 12.1. The monoisotopic (exact) mass is 290 g/mol. The van der Waals surface area contributed by atoms with Gasteiger partial charge in [0.25, 0.3) is 0 Å². The fourth-order valence-corrected chi connectivity index (χ4v) is 2.51. The highest BCUT2D eigenvalue weighted by Crippen LogP contribution is 2.22. The minimum absolute atomic E-state index is 0.0580. The Morgan fingerprint density at radius 1 is 1.23 bits per heavy atom. The summed E-state index contributed by atoms with van der Waals surface area (Å²) in [5.74, 6) is 0.433. The molecular formula is C18H14N2O2. The lowest BCUT2D eigenvalue weighted by Crippen LogP contribution is -2.12. The van der Waals surface area contributed by atoms with Crippen LogP contribution in [0.4, 0.5) is 0 Å². The number of carbonyl (C=O) groups is 1. The number of hydrogen-bond acceptors (Lipinski definition) is 3. The van der Waals surface area contributed by atoms with Gasteiger partial charge in [-0.25, -0.2) is 0 Å². The van der Waals surface area contributed by atoms with E-state index < -0.39 is 0 Å². The summed E-state index contributed by atoms with van der Waals surface area (Å²) in [5.41, 5.74) is 2.94. The number of fused-ring (bicyclic) bond motifs is 1. The first-order valence-electron chi connectivity index (χ1n) is 6.92. The fraction of sp³-hybridized carbons (Fsp3) is 0.111. The van der Waals surface area contributed by atoms with Gasteiger partial charge < -0.3 is 9.72 Å². The van der Waals surface area contributed by atoms with Crippen molar-refractivity contribution >= 4 is 16.7 Å². The molecule has 0 atom stereocenters. The molecule has 0 aliphatic rings. The Morgan fingerprint density at radius 3 is 2.86 bits per heavy atom. The Bertz CT molecular complexity index is 887. The van der Waals surface area contributed by atoms with E-state index in [1.807, 2.05) is 37.3 Å². The molecule has 0 aliphatic carbocycles. The van der Waals surface area contributed by atoms with Crippen LogP contribution in [0.15, 0.2) is 48.5 Å². The minimum atomic E-state index is -0.0858. The number of aromatic nitrogens is 1. The van der Waals surface area contributed by atoms with Gasteiger partial charge in [0.05, 0.1) is 11.6 Å². The summed E-state index contributed by atoms with van der Waals surface area (Å²) >= 11 is 0. The smallest absolute Gasteiger partial charge is 0.202 e. The predicted molar refractivity (Wildman–Crippen MR) is 84.0 cm³/mol. The SMILES string of the molecule is Cc1[nH]c2ccccc2c1C(=O)COc1cccc(C#N)c1. The molecule has 0 saturated heterocycles. The van der Waals surface area contributed by atoms with Crippen molar-refractivity contribution in [2.45, 2.75) is 6.92 Å². The van der Waals surface area contributed by atoms with E-state index in [-0.39, 0.29) is 12.4 Å². The molecule has 4 nitrogen and oxygen atoms in total. The average molecular weight is 290 g/mol. The van der Waals surface area contributed by atoms with Crippen LogP contribution in [0.5, 0.6) is 5.75 Å². The summed E-state index contributed by atoms with van der Waals surface area (Å²) in [6.45, 7) is 1.82. The quantitative estimate of drug-likeness (QED) is 0.746. The number of carbonyl (C=O) groups excluding carboxylic acids is 1. The number of aromatic amines is 1. The van der Waals surface area contributed by atoms with Gasteiger partial charge in [-0.3, -0.25) is 4.79 Å². The van der Waals surface area contributed by atoms with E-state index in [4.69, 9.17) is 10.00 Å². The van der Waals surface area contributed by atoms with Gasteiger partial charge in [0.15, 0.2) is 6.61 Å². The Labute approximate surface area is 128 Å². The van der Waals surface area contributed by atoms with Gasteiger partial charge in [0.1, 0.15) is 5.75 Å². The molecule has 0 spiro atoms. The molecule has 1 N–H and O–H groups in total. The molecular weight excluding hydrogens is 276 g/mol. The van der Waals surface area contributed by atoms with Crippen LogP contribution >= 0.6 is 0 Å². The normalized spacial score (nSPS) is 10.4. The summed E-state index contributed by atoms with van der Waals surface area (Å²) in [6, 6.07) is 16.5. The number of hydrogen-bond donors (Lipinski definition) is 1. The van der Waals surface area contributed by atoms with Crippen LogP contribution in [-0.2, 0) is 0 Å². The molecule has 1 heterocycles. The third-order valence-corrected chi connectivity index (χ3v) is 3.51. The molecule has 108 valence electrons. The number of H-pyrrole nitrogens is 1. The van der Waals surface area contributed by atoms with Crippen molar-refractivity contribution < 1.29 is 9.53 Å². The van der Waals surface area contributed by atoms with E-state index in [0.717, 1.165) is 16.6 Å². The zero-order chi connectivity index (χ0) is 15.5. The van der Waals surface area contributed by atoms with Crippen molar-refractivity contribution in [3.05, 3.63) is 65.4 Å². The second-order valence-electron chi connectivity index (χ2n) is 5.02. The van der Waals surface area contributed by atoms with Gasteiger partial charge in [0, 0.05) is 22.2 Å². The molecule has 0 aliphatic heterocycles. The van der Waals surface area contributed by atoms with Crippen LogP contribution in [0.25, 0.3) is 10.9 Å². The molecule has 1 aromatic heterocycles. The Balaban J connectivity index is 1.82. The lowest BCUT2D eigenvalue weighted by Gasteiger charge is -2.06. The van der Waals surface area contributed by atoms with Crippen LogP contribution in [0.3, 0.4) is 0 Å². The highest BCUT2D eigenvalue weighted by Gasteiger charge is 2.16. The second-order valence-corrected chi connectivity index (χ2v) is 5.02. The third kappa shape index (κ3) is 2.57. The van der Waals surface area contributed by atoms with Crippen LogP contribution < -0.4 is 4.74 Å². The van der Waals surface area contributed by atoms with Gasteiger partial charge >= 0.3 is 0 Å². The fourth-order valence-electron chi connectivity index (χ4n) is 2.51. The van der Waals surface area contributed by atoms with Crippen molar-refractivity contribution in [1.82, 2.24) is 4.98 Å². The molecule has 2 aromatic carbocycles. The lowest BCUT2D eigenvalue weighted by molar-refractivity contribution is 0.0922. The first kappa shape index (κ1) is 13.9. The molecule has 0 bridgehead atoms. The largest absolute Gasteiger partial charge is 0.485 e. The van der Waals surface area contributed by atoms with Crippen molar-refractivity contribution in [2.75, 3.05) is 6.61 Å². The maximum Gasteiger partial charge on any atom is 0.202 e. The molecule has 0 radical (unpaired) electrons. The molecule has 4 heteroatoms. The van der Waals surface area contributed by atoms with Crippen molar-refractivity contribution in [3.63, 3.8) is 0 Å². The van der Waals surface area contributed by atoms with Crippen molar-refractivity contribution in [1.29, 1.82) is 5.26 Å². The number of para-hydroxylation sites is 1. The first-order valence-corrected chi connectivity index (χ1v) is 6.92. The van der Waals surface area contributed by atoms with E-state index in [2.05, 4.69) is 4.98 Å². The average Bonchev–Trinajstić information content (AvgIpc) is 2.88. The summed E-state index contributed by atoms with van der Waals surface area (Å²) in [6.07, 6.45) is 0. The number of rotatable bonds is 4. The molecule has 0 unspecified atom stereocenters. The van der Waals surface area contributed by atoms with Crippen LogP contribution in [0.2, 0.25) is 0 Å². The number of nitrogens with zero attached hydrogens (tertiary/aromatic N) is 1. The van der Waals surface area contributed by atoms with E-state index in [9.17, 15) is 4.79 Å². The minimum Gasteiger partial charge on any atom is -0.485 e. The Kier molecular flexibility index (Phi) is 3.63. The molecule has 0 saturated carbocycles. The number of benzene rings is 2. The summed E-state index contributed by atoms with van der Waals surface area (Å²) < 4.78 is 5.52. The van der Waals surface area contributed by atoms with Crippen LogP contribution in [-0.4, -0.2) is 17.4 Å². The second kappa shape index (κ2) is 5.74. The number of ether oxygens (including phenoxy) is 1. The van der Waals surface area contributed by atoms with E-state index >= 15 is 0 Å². The zero-order valence-corrected chi connectivity index (χ0v) is 12.1. The molecule has 3 rings (SSSR count). The topological polar surface area (TPSA) is 65.9 Å². The molecule has 0 amide bonds. The summed E-state index contributed by atoms with van der Waals surface area (Å²) in [5, 5.41) is 9.77. The first-order chi connectivity index (χ1) is 10.7. The molecule has 3 aromatic rings. The molecule has 22 heavy (non-hydrogen) atoms. The number of nitrogens with one attached hydrogen (secondary N) is 1. The Hall–Kier alpha value is -3.06. The lowest BCUT2D eigenvalue weighted by atomic mass is 10.1. The van der Waals surface area contributed by atoms with Crippen LogP contribution in [0.1, 0.15) is 21.6 Å². The maximum absolute atomic E-state index is 12.5. The predicted octanol–water partition coefficient (Wildman–Crippen LogP) is 3.61. The summed E-state index contributed by atoms with van der Waals surface area (Å²) in [4.78, 5) is 15.7. The number of ketones is 1. The van der Waals surface area contributed by atoms with E-state index in [1.54, 1.807) is 24.3 Å². The molecule has 0 fully saturated rings. The summed E-state index contributed by atoms with van der Waals surface area (Å²) in [7, 11) is 0. The van der Waals surface area contributed by atoms with Gasteiger partial charge in [-0.05, 0) is 31.2 Å². The van der Waals surface area contributed by atoms with Gasteiger partial charge in [-0.2, -0.15) is 5.26 Å². The maximum atomic E-state index is 12.5. The van der Waals surface area contributed by atoms with E-state index in [1.165, 1.54) is 0 Å². The number of aryl methyl sites for hydroxylation is 1.